The monoisotopic (exact) mass is 320 g/mol. The Labute approximate surface area is 143 Å². The van der Waals surface area contributed by atoms with Gasteiger partial charge in [0.05, 0.1) is 7.11 Å². The fourth-order valence-corrected chi connectivity index (χ4v) is 3.51. The summed E-state index contributed by atoms with van der Waals surface area (Å²) in [6, 6.07) is 6.73. The second-order valence-electron chi connectivity index (χ2n) is 8.02. The van der Waals surface area contributed by atoms with Crippen molar-refractivity contribution in [2.24, 2.45) is 17.3 Å². The van der Waals surface area contributed by atoms with E-state index < -0.39 is 0 Å². The van der Waals surface area contributed by atoms with Gasteiger partial charge in [-0.25, -0.2) is 0 Å². The van der Waals surface area contributed by atoms with Gasteiger partial charge in [0, 0.05) is 13.7 Å². The summed E-state index contributed by atoms with van der Waals surface area (Å²) >= 11 is 0. The number of benzene rings is 1. The third kappa shape index (κ3) is 6.55. The predicted molar refractivity (Wildman–Crippen MR) is 99.3 cm³/mol. The molecule has 0 amide bonds. The lowest BCUT2D eigenvalue weighted by molar-refractivity contribution is 0.177. The highest BCUT2D eigenvalue weighted by Crippen LogP contribution is 2.35. The van der Waals surface area contributed by atoms with E-state index in [4.69, 9.17) is 9.47 Å². The van der Waals surface area contributed by atoms with E-state index in [-0.39, 0.29) is 0 Å². The number of hydrogen-bond donors (Lipinski definition) is 0. The van der Waals surface area contributed by atoms with Crippen LogP contribution in [0.3, 0.4) is 0 Å². The lowest BCUT2D eigenvalue weighted by atomic mass is 9.71. The molecule has 0 aliphatic heterocycles. The number of unbranched alkanes of at least 4 members (excludes halogenated alkanes) is 1. The van der Waals surface area contributed by atoms with Crippen LogP contribution in [0.25, 0.3) is 0 Å². The molecule has 0 fully saturated rings. The van der Waals surface area contributed by atoms with Crippen molar-refractivity contribution in [3.63, 3.8) is 0 Å². The van der Waals surface area contributed by atoms with Crippen LogP contribution in [0.4, 0.5) is 0 Å². The molecular weight excluding hydrogens is 284 g/mol. The van der Waals surface area contributed by atoms with E-state index in [1.807, 2.05) is 0 Å². The van der Waals surface area contributed by atoms with Gasteiger partial charge < -0.3 is 9.47 Å². The number of hydrogen-bond acceptors (Lipinski definition) is 2. The number of ether oxygens (including phenoxy) is 2. The van der Waals surface area contributed by atoms with E-state index in [9.17, 15) is 0 Å². The van der Waals surface area contributed by atoms with Gasteiger partial charge in [0.1, 0.15) is 5.75 Å². The minimum Gasteiger partial charge on any atom is -0.496 e. The Morgan fingerprint density at radius 1 is 1.04 bits per heavy atom. The fourth-order valence-electron chi connectivity index (χ4n) is 3.51. The second-order valence-corrected chi connectivity index (χ2v) is 8.02. The molecule has 132 valence electrons. The van der Waals surface area contributed by atoms with Crippen molar-refractivity contribution in [3.8, 4) is 5.75 Å². The Morgan fingerprint density at radius 2 is 1.74 bits per heavy atom. The van der Waals surface area contributed by atoms with Gasteiger partial charge in [-0.1, -0.05) is 46.8 Å². The summed E-state index contributed by atoms with van der Waals surface area (Å²) in [5, 5.41) is 0. The van der Waals surface area contributed by atoms with Gasteiger partial charge in [0.25, 0.3) is 0 Å². The summed E-state index contributed by atoms with van der Waals surface area (Å²) in [4.78, 5) is 0. The van der Waals surface area contributed by atoms with Crippen LogP contribution < -0.4 is 4.74 Å². The van der Waals surface area contributed by atoms with Gasteiger partial charge in [0.15, 0.2) is 0 Å². The van der Waals surface area contributed by atoms with E-state index in [1.54, 1.807) is 14.2 Å². The van der Waals surface area contributed by atoms with Crippen molar-refractivity contribution in [2.75, 3.05) is 20.8 Å². The maximum absolute atomic E-state index is 5.55. The van der Waals surface area contributed by atoms with Crippen LogP contribution >= 0.6 is 0 Å². The zero-order valence-electron chi connectivity index (χ0n) is 16.2. The summed E-state index contributed by atoms with van der Waals surface area (Å²) in [6.07, 6.45) is 4.43. The minimum absolute atomic E-state index is 0.326. The van der Waals surface area contributed by atoms with Crippen LogP contribution in [0.15, 0.2) is 18.2 Å². The zero-order valence-corrected chi connectivity index (χ0v) is 16.2. The largest absolute Gasteiger partial charge is 0.496 e. The summed E-state index contributed by atoms with van der Waals surface area (Å²) in [5.74, 6) is 2.38. The van der Waals surface area contributed by atoms with E-state index in [2.05, 4.69) is 52.8 Å². The molecule has 2 nitrogen and oxygen atoms in total. The van der Waals surface area contributed by atoms with Gasteiger partial charge in [-0.2, -0.15) is 0 Å². The third-order valence-electron chi connectivity index (χ3n) is 4.76. The lowest BCUT2D eigenvalue weighted by Gasteiger charge is -2.34. The minimum atomic E-state index is 0.326. The topological polar surface area (TPSA) is 18.5 Å². The Bertz CT molecular complexity index is 457. The average molecular weight is 321 g/mol. The smallest absolute Gasteiger partial charge is 0.122 e. The van der Waals surface area contributed by atoms with Crippen LogP contribution in [0.1, 0.15) is 58.6 Å². The maximum atomic E-state index is 5.55. The summed E-state index contributed by atoms with van der Waals surface area (Å²) in [7, 11) is 3.53. The van der Waals surface area contributed by atoms with Crippen LogP contribution in [0.2, 0.25) is 0 Å². The molecule has 0 spiro atoms. The zero-order chi connectivity index (χ0) is 17.5. The third-order valence-corrected chi connectivity index (χ3v) is 4.76. The van der Waals surface area contributed by atoms with Crippen LogP contribution in [-0.2, 0) is 17.6 Å². The highest BCUT2D eigenvalue weighted by Gasteiger charge is 2.27. The van der Waals surface area contributed by atoms with Gasteiger partial charge in [-0.15, -0.1) is 0 Å². The van der Waals surface area contributed by atoms with Crippen molar-refractivity contribution in [3.05, 3.63) is 29.3 Å². The molecule has 1 unspecified atom stereocenters. The van der Waals surface area contributed by atoms with Crippen molar-refractivity contribution in [1.82, 2.24) is 0 Å². The molecule has 0 N–H and O–H groups in total. The number of aryl methyl sites for hydroxylation is 1. The maximum Gasteiger partial charge on any atom is 0.122 e. The van der Waals surface area contributed by atoms with E-state index >= 15 is 0 Å². The molecule has 0 saturated heterocycles. The van der Waals surface area contributed by atoms with Gasteiger partial charge in [-0.05, 0) is 60.1 Å². The first-order valence-corrected chi connectivity index (χ1v) is 8.94. The number of methoxy groups -OCH3 is 2. The Hall–Kier alpha value is -1.02. The van der Waals surface area contributed by atoms with Gasteiger partial charge in [-0.3, -0.25) is 0 Å². The molecule has 1 aromatic rings. The predicted octanol–water partition coefficient (Wildman–Crippen LogP) is 5.53. The first-order chi connectivity index (χ1) is 10.8. The van der Waals surface area contributed by atoms with Gasteiger partial charge in [0.2, 0.25) is 0 Å². The van der Waals surface area contributed by atoms with Crippen molar-refractivity contribution in [1.29, 1.82) is 0 Å². The lowest BCUT2D eigenvalue weighted by Crippen LogP contribution is -2.27. The summed E-state index contributed by atoms with van der Waals surface area (Å²) < 4.78 is 10.7. The molecule has 1 atom stereocenters. The molecule has 1 rings (SSSR count). The molecule has 0 radical (unpaired) electrons. The quantitative estimate of drug-likeness (QED) is 0.557. The molecule has 0 heterocycles. The van der Waals surface area contributed by atoms with Crippen molar-refractivity contribution >= 4 is 0 Å². The molecule has 2 heteroatoms. The van der Waals surface area contributed by atoms with E-state index in [0.29, 0.717) is 17.3 Å². The number of rotatable bonds is 9. The van der Waals surface area contributed by atoms with Crippen molar-refractivity contribution < 1.29 is 9.47 Å². The Kier molecular flexibility index (Phi) is 8.11. The second kappa shape index (κ2) is 9.32. The van der Waals surface area contributed by atoms with Crippen LogP contribution in [-0.4, -0.2) is 20.8 Å². The highest BCUT2D eigenvalue weighted by molar-refractivity contribution is 5.37. The molecule has 1 aromatic carbocycles. The van der Waals surface area contributed by atoms with Crippen molar-refractivity contribution in [2.45, 2.75) is 60.3 Å². The molecule has 0 bridgehead atoms. The molecule has 0 aliphatic rings. The standard InChI is InChI=1S/C21H36O2/c1-16(2)19(21(3,4)5)15-17-11-12-20(23-7)18(14-17)10-8-9-13-22-6/h11-12,14,16,19H,8-10,13,15H2,1-7H3. The van der Waals surface area contributed by atoms with Crippen LogP contribution in [0, 0.1) is 17.3 Å². The average Bonchev–Trinajstić information content (AvgIpc) is 2.48. The molecule has 23 heavy (non-hydrogen) atoms. The van der Waals surface area contributed by atoms with Crippen LogP contribution in [0.5, 0.6) is 5.75 Å². The van der Waals surface area contributed by atoms with E-state index in [1.165, 1.54) is 11.1 Å². The molecular formula is C21H36O2. The highest BCUT2D eigenvalue weighted by atomic mass is 16.5. The summed E-state index contributed by atoms with van der Waals surface area (Å²) in [5.41, 5.74) is 3.09. The summed E-state index contributed by atoms with van der Waals surface area (Å²) in [6.45, 7) is 12.6. The molecule has 0 saturated carbocycles. The molecule has 0 aliphatic carbocycles. The van der Waals surface area contributed by atoms with E-state index in [0.717, 1.165) is 38.0 Å². The Balaban J connectivity index is 2.87. The molecule has 0 aromatic heterocycles. The van der Waals surface area contributed by atoms with Gasteiger partial charge >= 0.3 is 0 Å². The normalized spacial score (nSPS) is 13.4. The fraction of sp³-hybridized carbons (Fsp3) is 0.714. The first-order valence-electron chi connectivity index (χ1n) is 8.94. The Morgan fingerprint density at radius 3 is 2.26 bits per heavy atom. The first kappa shape index (κ1) is 20.0. The SMILES string of the molecule is COCCCCc1cc(CC(C(C)C)C(C)(C)C)ccc1OC.